The summed E-state index contributed by atoms with van der Waals surface area (Å²) in [6.45, 7) is 3.12. The number of alkyl halides is 3. The van der Waals surface area contributed by atoms with E-state index in [9.17, 15) is 22.4 Å². The quantitative estimate of drug-likeness (QED) is 0.362. The molecule has 0 atom stereocenters. The van der Waals surface area contributed by atoms with Crippen molar-refractivity contribution in [3.63, 3.8) is 0 Å². The van der Waals surface area contributed by atoms with Gasteiger partial charge in [0.2, 0.25) is 0 Å². The number of carbonyl (C=O) groups excluding carboxylic acids is 1. The summed E-state index contributed by atoms with van der Waals surface area (Å²) in [4.78, 5) is 11.0. The average Bonchev–Trinajstić information content (AvgIpc) is 2.27. The monoisotopic (exact) mass is 264 g/mol. The van der Waals surface area contributed by atoms with Crippen LogP contribution < -0.4 is 4.74 Å². The molecular formula is C11H8F4O3. The molecule has 0 bridgehead atoms. The van der Waals surface area contributed by atoms with Crippen LogP contribution in [-0.4, -0.2) is 12.8 Å². The van der Waals surface area contributed by atoms with Crippen LogP contribution in [-0.2, 0) is 10.9 Å². The lowest BCUT2D eigenvalue weighted by Gasteiger charge is -2.10. The van der Waals surface area contributed by atoms with Gasteiger partial charge < -0.3 is 9.47 Å². The van der Waals surface area contributed by atoms with Crippen molar-refractivity contribution in [1.82, 2.24) is 0 Å². The van der Waals surface area contributed by atoms with Gasteiger partial charge in [-0.3, -0.25) is 0 Å². The minimum Gasteiger partial charge on any atom is -0.430 e. The van der Waals surface area contributed by atoms with E-state index >= 15 is 0 Å². The molecule has 0 saturated carbocycles. The predicted molar refractivity (Wildman–Crippen MR) is 53.6 cm³/mol. The van der Waals surface area contributed by atoms with E-state index in [1.54, 1.807) is 0 Å². The van der Waals surface area contributed by atoms with Crippen molar-refractivity contribution < 1.29 is 31.8 Å². The number of benzene rings is 1. The van der Waals surface area contributed by atoms with E-state index in [2.05, 4.69) is 16.1 Å². The number of rotatable bonds is 3. The molecule has 7 heteroatoms. The van der Waals surface area contributed by atoms with E-state index in [0.29, 0.717) is 12.1 Å². The summed E-state index contributed by atoms with van der Waals surface area (Å²) in [5, 5.41) is 0. The highest BCUT2D eigenvalue weighted by molar-refractivity contribution is 5.64. The van der Waals surface area contributed by atoms with Gasteiger partial charge in [0.25, 0.3) is 0 Å². The van der Waals surface area contributed by atoms with Crippen LogP contribution in [0.1, 0.15) is 5.56 Å². The van der Waals surface area contributed by atoms with Crippen molar-refractivity contribution in [3.05, 3.63) is 42.2 Å². The minimum absolute atomic E-state index is 0.147. The lowest BCUT2D eigenvalue weighted by molar-refractivity contribution is -0.140. The van der Waals surface area contributed by atoms with Gasteiger partial charge in [-0.1, -0.05) is 12.7 Å². The maximum Gasteiger partial charge on any atom is 0.514 e. The Morgan fingerprint density at radius 3 is 2.61 bits per heavy atom. The van der Waals surface area contributed by atoms with Gasteiger partial charge in [-0.25, -0.2) is 9.18 Å². The first-order valence-electron chi connectivity index (χ1n) is 4.67. The molecule has 0 radical (unpaired) electrons. The molecule has 98 valence electrons. The third-order valence-electron chi connectivity index (χ3n) is 1.76. The minimum atomic E-state index is -4.87. The Kier molecular flexibility index (Phi) is 4.30. The van der Waals surface area contributed by atoms with Crippen molar-refractivity contribution in [2.24, 2.45) is 0 Å². The second-order valence-corrected chi connectivity index (χ2v) is 3.09. The van der Waals surface area contributed by atoms with Gasteiger partial charge in [-0.05, 0) is 18.2 Å². The Bertz CT molecular complexity index is 454. The molecule has 18 heavy (non-hydrogen) atoms. The normalized spacial score (nSPS) is 10.9. The van der Waals surface area contributed by atoms with Crippen molar-refractivity contribution in [2.45, 2.75) is 6.18 Å². The maximum absolute atomic E-state index is 12.9. The summed E-state index contributed by atoms with van der Waals surface area (Å²) >= 11 is 0. The number of hydrogen-bond acceptors (Lipinski definition) is 3. The van der Waals surface area contributed by atoms with Gasteiger partial charge in [0.15, 0.2) is 0 Å². The molecule has 1 aromatic carbocycles. The van der Waals surface area contributed by atoms with Gasteiger partial charge in [0.05, 0.1) is 5.56 Å². The van der Waals surface area contributed by atoms with E-state index in [0.717, 1.165) is 6.07 Å². The Morgan fingerprint density at radius 1 is 1.39 bits per heavy atom. The molecule has 0 spiro atoms. The van der Waals surface area contributed by atoms with E-state index in [-0.39, 0.29) is 6.61 Å². The first kappa shape index (κ1) is 14.0. The summed E-state index contributed by atoms with van der Waals surface area (Å²) < 4.78 is 58.8. The van der Waals surface area contributed by atoms with Crippen LogP contribution in [0.5, 0.6) is 5.75 Å². The number of hydrogen-bond donors (Lipinski definition) is 0. The highest BCUT2D eigenvalue weighted by atomic mass is 19.4. The van der Waals surface area contributed by atoms with Crippen LogP contribution in [0.3, 0.4) is 0 Å². The smallest absolute Gasteiger partial charge is 0.430 e. The molecule has 0 aliphatic carbocycles. The molecule has 1 aromatic rings. The van der Waals surface area contributed by atoms with E-state index in [1.807, 2.05) is 0 Å². The van der Waals surface area contributed by atoms with Gasteiger partial charge in [-0.15, -0.1) is 0 Å². The zero-order valence-corrected chi connectivity index (χ0v) is 8.96. The Balaban J connectivity index is 2.86. The van der Waals surface area contributed by atoms with Crippen LogP contribution in [0.25, 0.3) is 0 Å². The Labute approximate surface area is 99.6 Å². The third-order valence-corrected chi connectivity index (χ3v) is 1.76. The molecular weight excluding hydrogens is 256 g/mol. The first-order chi connectivity index (χ1) is 8.34. The summed E-state index contributed by atoms with van der Waals surface area (Å²) in [5.74, 6) is -1.91. The van der Waals surface area contributed by atoms with Crippen molar-refractivity contribution >= 4 is 6.16 Å². The number of halogens is 4. The van der Waals surface area contributed by atoms with Gasteiger partial charge in [0, 0.05) is 0 Å². The molecule has 0 aromatic heterocycles. The van der Waals surface area contributed by atoms with Crippen molar-refractivity contribution in [3.8, 4) is 5.75 Å². The standard InChI is InChI=1S/C11H8F4O3/c1-2-5-17-10(16)18-7-3-4-9(12)8(6-7)11(13,14)15/h2-4,6H,1,5H2. The highest BCUT2D eigenvalue weighted by Gasteiger charge is 2.34. The largest absolute Gasteiger partial charge is 0.514 e. The number of carbonyl (C=O) groups is 1. The lowest BCUT2D eigenvalue weighted by atomic mass is 10.2. The van der Waals surface area contributed by atoms with Crippen molar-refractivity contribution in [2.75, 3.05) is 6.61 Å². The van der Waals surface area contributed by atoms with Crippen LogP contribution >= 0.6 is 0 Å². The van der Waals surface area contributed by atoms with E-state index in [1.165, 1.54) is 6.08 Å². The maximum atomic E-state index is 12.9. The van der Waals surface area contributed by atoms with E-state index in [4.69, 9.17) is 0 Å². The fraction of sp³-hybridized carbons (Fsp3) is 0.182. The molecule has 0 aliphatic rings. The summed E-state index contributed by atoms with van der Waals surface area (Å²) in [6.07, 6.45) is -4.81. The second kappa shape index (κ2) is 5.52. The summed E-state index contributed by atoms with van der Waals surface area (Å²) in [7, 11) is 0. The van der Waals surface area contributed by atoms with Crippen LogP contribution in [0, 0.1) is 5.82 Å². The fourth-order valence-corrected chi connectivity index (χ4v) is 1.04. The SMILES string of the molecule is C=CCOC(=O)Oc1ccc(F)c(C(F)(F)F)c1. The van der Waals surface area contributed by atoms with Gasteiger partial charge in [0.1, 0.15) is 18.2 Å². The molecule has 0 N–H and O–H groups in total. The van der Waals surface area contributed by atoms with Crippen LogP contribution in [0.4, 0.5) is 22.4 Å². The molecule has 0 unspecified atom stereocenters. The summed E-state index contributed by atoms with van der Waals surface area (Å²) in [6, 6.07) is 1.82. The Hall–Kier alpha value is -2.05. The zero-order chi connectivity index (χ0) is 13.8. The molecule has 0 saturated heterocycles. The molecule has 0 aliphatic heterocycles. The first-order valence-corrected chi connectivity index (χ1v) is 4.67. The molecule has 0 amide bonds. The van der Waals surface area contributed by atoms with Crippen molar-refractivity contribution in [1.29, 1.82) is 0 Å². The lowest BCUT2D eigenvalue weighted by Crippen LogP contribution is -2.12. The third kappa shape index (κ3) is 3.76. The average molecular weight is 264 g/mol. The number of ether oxygens (including phenoxy) is 2. The molecule has 1 rings (SSSR count). The van der Waals surface area contributed by atoms with E-state index < -0.39 is 29.5 Å². The summed E-state index contributed by atoms with van der Waals surface area (Å²) in [5.41, 5.74) is -1.52. The molecule has 3 nitrogen and oxygen atoms in total. The highest BCUT2D eigenvalue weighted by Crippen LogP contribution is 2.33. The Morgan fingerprint density at radius 2 is 2.06 bits per heavy atom. The fourth-order valence-electron chi connectivity index (χ4n) is 1.04. The van der Waals surface area contributed by atoms with Gasteiger partial charge >= 0.3 is 12.3 Å². The van der Waals surface area contributed by atoms with Crippen LogP contribution in [0.15, 0.2) is 30.9 Å². The zero-order valence-electron chi connectivity index (χ0n) is 8.96. The molecule has 0 heterocycles. The molecule has 0 fully saturated rings. The predicted octanol–water partition coefficient (Wildman–Crippen LogP) is 3.55. The van der Waals surface area contributed by atoms with Gasteiger partial charge in [-0.2, -0.15) is 13.2 Å². The topological polar surface area (TPSA) is 35.5 Å². The second-order valence-electron chi connectivity index (χ2n) is 3.09. The van der Waals surface area contributed by atoms with Crippen LogP contribution in [0.2, 0.25) is 0 Å².